The summed E-state index contributed by atoms with van der Waals surface area (Å²) in [6, 6.07) is 0. The first-order chi connectivity index (χ1) is 4.83. The molecule has 66 valence electrons. The van der Waals surface area contributed by atoms with Crippen molar-refractivity contribution in [1.82, 2.24) is 0 Å². The molecule has 11 heavy (non-hydrogen) atoms. The Morgan fingerprint density at radius 2 is 1.36 bits per heavy atom. The van der Waals surface area contributed by atoms with E-state index in [1.54, 1.807) is 0 Å². The van der Waals surface area contributed by atoms with Gasteiger partial charge in [-0.1, -0.05) is 0 Å². The van der Waals surface area contributed by atoms with E-state index in [0.29, 0.717) is 0 Å². The summed E-state index contributed by atoms with van der Waals surface area (Å²) in [6.45, 7) is 7.33. The highest BCUT2D eigenvalue weighted by molar-refractivity contribution is 7.79. The fourth-order valence-corrected chi connectivity index (χ4v) is 2.37. The summed E-state index contributed by atoms with van der Waals surface area (Å²) in [5, 5.41) is 0. The summed E-state index contributed by atoms with van der Waals surface area (Å²) in [4.78, 5) is 0. The van der Waals surface area contributed by atoms with Crippen LogP contribution in [0.4, 0.5) is 0 Å². The predicted octanol–water partition coefficient (Wildman–Crippen LogP) is 1.58. The minimum atomic E-state index is -2.80. The molecule has 0 N–H and O–H groups in total. The summed E-state index contributed by atoms with van der Waals surface area (Å²) in [7, 11) is -1.31. The molecule has 0 aromatic carbocycles. The van der Waals surface area contributed by atoms with Crippen molar-refractivity contribution in [2.75, 3.05) is 0 Å². The molecule has 0 atom stereocenters. The Morgan fingerprint density at radius 1 is 1.09 bits per heavy atom. The van der Waals surface area contributed by atoms with Gasteiger partial charge in [-0.2, -0.15) is 0 Å². The number of hydrogen-bond acceptors (Lipinski definition) is 3. The van der Waals surface area contributed by atoms with Crippen molar-refractivity contribution in [3.05, 3.63) is 0 Å². The third-order valence-electron chi connectivity index (χ3n) is 0.805. The second-order valence-corrected chi connectivity index (χ2v) is 5.04. The second kappa shape index (κ2) is 4.29. The van der Waals surface area contributed by atoms with Crippen molar-refractivity contribution < 1.29 is 13.6 Å². The molecule has 0 aliphatic carbocycles. The SMILES string of the molecule is BP(=O)(OC(C)C)OC(C)C. The van der Waals surface area contributed by atoms with Crippen molar-refractivity contribution >= 4 is 15.0 Å². The molecule has 0 aromatic rings. The largest absolute Gasteiger partial charge is 0.314 e. The Morgan fingerprint density at radius 3 is 1.55 bits per heavy atom. The van der Waals surface area contributed by atoms with Crippen LogP contribution in [0.25, 0.3) is 0 Å². The lowest BCUT2D eigenvalue weighted by Gasteiger charge is -2.19. The molecule has 0 fully saturated rings. The van der Waals surface area contributed by atoms with Crippen LogP contribution in [-0.2, 0) is 13.6 Å². The standard InChI is InChI=1S/C6H16BO3P/c1-5(2)9-11(7,8)10-6(3)4/h5-6H,7H2,1-4H3. The maximum absolute atomic E-state index is 11.4. The lowest BCUT2D eigenvalue weighted by Crippen LogP contribution is -2.07. The monoisotopic (exact) mass is 178 g/mol. The van der Waals surface area contributed by atoms with Crippen LogP contribution in [-0.4, -0.2) is 19.8 Å². The highest BCUT2D eigenvalue weighted by atomic mass is 31.2. The topological polar surface area (TPSA) is 35.5 Å². The lowest BCUT2D eigenvalue weighted by atomic mass is 10.5. The van der Waals surface area contributed by atoms with Crippen LogP contribution < -0.4 is 0 Å². The van der Waals surface area contributed by atoms with Gasteiger partial charge in [-0.05, 0) is 27.7 Å². The van der Waals surface area contributed by atoms with Gasteiger partial charge in [0.2, 0.25) is 0 Å². The molecule has 0 amide bonds. The van der Waals surface area contributed by atoms with Gasteiger partial charge in [0.15, 0.2) is 0 Å². The quantitative estimate of drug-likeness (QED) is 0.484. The molecule has 3 nitrogen and oxygen atoms in total. The van der Waals surface area contributed by atoms with E-state index in [2.05, 4.69) is 0 Å². The van der Waals surface area contributed by atoms with Crippen LogP contribution in [0.15, 0.2) is 0 Å². The third-order valence-corrected chi connectivity index (χ3v) is 2.41. The molecule has 0 aliphatic rings. The lowest BCUT2D eigenvalue weighted by molar-refractivity contribution is 0.154. The molecular weight excluding hydrogens is 162 g/mol. The van der Waals surface area contributed by atoms with Gasteiger partial charge >= 0.3 is 0 Å². The Labute approximate surface area is 69.4 Å². The van der Waals surface area contributed by atoms with Gasteiger partial charge in [0.25, 0.3) is 15.0 Å². The molecule has 0 spiro atoms. The van der Waals surface area contributed by atoms with Crippen LogP contribution in [0.1, 0.15) is 27.7 Å². The van der Waals surface area contributed by atoms with Gasteiger partial charge in [-0.3, -0.25) is 4.57 Å². The van der Waals surface area contributed by atoms with E-state index in [4.69, 9.17) is 9.05 Å². The van der Waals surface area contributed by atoms with Gasteiger partial charge in [-0.25, -0.2) is 0 Å². The molecule has 0 aliphatic heterocycles. The van der Waals surface area contributed by atoms with E-state index < -0.39 is 7.47 Å². The molecule has 5 heteroatoms. The van der Waals surface area contributed by atoms with E-state index in [1.807, 2.05) is 27.7 Å². The van der Waals surface area contributed by atoms with Crippen LogP contribution >= 0.6 is 7.47 Å². The highest BCUT2D eigenvalue weighted by Gasteiger charge is 2.19. The van der Waals surface area contributed by atoms with E-state index in [9.17, 15) is 4.57 Å². The number of rotatable bonds is 4. The van der Waals surface area contributed by atoms with Gasteiger partial charge < -0.3 is 9.05 Å². The van der Waals surface area contributed by atoms with Crippen LogP contribution in [0.2, 0.25) is 0 Å². The summed E-state index contributed by atoms with van der Waals surface area (Å²) in [6.07, 6.45) is -0.103. The van der Waals surface area contributed by atoms with Crippen molar-refractivity contribution in [3.63, 3.8) is 0 Å². The van der Waals surface area contributed by atoms with Gasteiger partial charge in [0.05, 0.1) is 12.2 Å². The molecule has 0 rings (SSSR count). The first-order valence-corrected chi connectivity index (χ1v) is 5.77. The minimum Gasteiger partial charge on any atom is -0.314 e. The van der Waals surface area contributed by atoms with Crippen LogP contribution in [0, 0.1) is 0 Å². The molecule has 0 saturated carbocycles. The molecule has 0 heterocycles. The maximum Gasteiger partial charge on any atom is 0.271 e. The van der Waals surface area contributed by atoms with E-state index >= 15 is 0 Å². The fraction of sp³-hybridized carbons (Fsp3) is 1.00. The van der Waals surface area contributed by atoms with Crippen molar-refractivity contribution in [1.29, 1.82) is 0 Å². The molecular formula is C6H16BO3P. The Balaban J connectivity index is 3.91. The summed E-state index contributed by atoms with van der Waals surface area (Å²) >= 11 is 0. The van der Waals surface area contributed by atoms with Crippen LogP contribution in [0.5, 0.6) is 0 Å². The molecule has 0 aromatic heterocycles. The zero-order valence-electron chi connectivity index (χ0n) is 7.83. The van der Waals surface area contributed by atoms with Crippen molar-refractivity contribution in [2.45, 2.75) is 39.9 Å². The van der Waals surface area contributed by atoms with E-state index in [1.165, 1.54) is 7.57 Å². The molecule has 0 radical (unpaired) electrons. The predicted molar refractivity (Wildman–Crippen MR) is 48.6 cm³/mol. The van der Waals surface area contributed by atoms with Crippen molar-refractivity contribution in [2.24, 2.45) is 0 Å². The average molecular weight is 178 g/mol. The zero-order chi connectivity index (χ0) is 9.07. The average Bonchev–Trinajstić information content (AvgIpc) is 1.53. The third kappa shape index (κ3) is 6.61. The Bertz CT molecular complexity index is 144. The highest BCUT2D eigenvalue weighted by Crippen LogP contribution is 2.44. The smallest absolute Gasteiger partial charge is 0.271 e. The van der Waals surface area contributed by atoms with Gasteiger partial charge in [0.1, 0.15) is 0 Å². The first-order valence-electron chi connectivity index (χ1n) is 3.78. The summed E-state index contributed by atoms with van der Waals surface area (Å²) < 4.78 is 21.6. The minimum absolute atomic E-state index is 0.0513. The summed E-state index contributed by atoms with van der Waals surface area (Å²) in [5.41, 5.74) is 0. The Kier molecular flexibility index (Phi) is 4.38. The van der Waals surface area contributed by atoms with E-state index in [0.717, 1.165) is 0 Å². The molecule has 0 bridgehead atoms. The molecule has 0 saturated heterocycles. The summed E-state index contributed by atoms with van der Waals surface area (Å²) in [5.74, 6) is 0. The first kappa shape index (κ1) is 11.2. The van der Waals surface area contributed by atoms with Gasteiger partial charge in [-0.15, -0.1) is 0 Å². The number of hydrogen-bond donors (Lipinski definition) is 0. The van der Waals surface area contributed by atoms with Crippen molar-refractivity contribution in [3.8, 4) is 0 Å². The maximum atomic E-state index is 11.4. The normalized spacial score (nSPS) is 12.9. The molecule has 0 unspecified atom stereocenters. The zero-order valence-corrected chi connectivity index (χ0v) is 8.72. The van der Waals surface area contributed by atoms with E-state index in [-0.39, 0.29) is 12.2 Å². The fourth-order valence-electron chi connectivity index (χ4n) is 0.791. The Hall–Kier alpha value is 0.215. The second-order valence-electron chi connectivity index (χ2n) is 3.08. The van der Waals surface area contributed by atoms with Crippen LogP contribution in [0.3, 0.4) is 0 Å². The van der Waals surface area contributed by atoms with Gasteiger partial charge in [0, 0.05) is 0 Å².